The van der Waals surface area contributed by atoms with Crippen LogP contribution >= 0.6 is 0 Å². The van der Waals surface area contributed by atoms with E-state index in [9.17, 15) is 18.0 Å². The van der Waals surface area contributed by atoms with Crippen LogP contribution in [0.15, 0.2) is 48.7 Å². The van der Waals surface area contributed by atoms with Gasteiger partial charge < -0.3 is 4.74 Å². The van der Waals surface area contributed by atoms with Gasteiger partial charge in [-0.2, -0.15) is 0 Å². The number of carbonyl (C=O) groups excluding carboxylic acids is 1. The smallest absolute Gasteiger partial charge is 0.406 e. The zero-order valence-electron chi connectivity index (χ0n) is 11.7. The monoisotopic (exact) mass is 310 g/mol. The van der Waals surface area contributed by atoms with Crippen molar-refractivity contribution in [2.45, 2.75) is 12.8 Å². The van der Waals surface area contributed by atoms with Crippen LogP contribution < -0.4 is 9.64 Å². The van der Waals surface area contributed by atoms with Crippen molar-refractivity contribution in [2.24, 2.45) is 0 Å². The van der Waals surface area contributed by atoms with Gasteiger partial charge in [-0.1, -0.05) is 18.2 Å². The van der Waals surface area contributed by atoms with E-state index in [-0.39, 0.29) is 18.1 Å². The number of likely N-dealkylation sites (N-methyl/N-ethyl adjacent to an activating group) is 1. The number of amides is 1. The number of hydrogen-bond acceptors (Lipinski definition) is 3. The molecule has 0 atom stereocenters. The van der Waals surface area contributed by atoms with Crippen LogP contribution in [0.2, 0.25) is 0 Å². The number of rotatable bonds is 4. The van der Waals surface area contributed by atoms with E-state index in [1.807, 2.05) is 0 Å². The Labute approximate surface area is 125 Å². The van der Waals surface area contributed by atoms with Crippen molar-refractivity contribution in [1.29, 1.82) is 0 Å². The normalized spacial score (nSPS) is 11.1. The minimum Gasteiger partial charge on any atom is -0.406 e. The maximum absolute atomic E-state index is 12.2. The fourth-order valence-electron chi connectivity index (χ4n) is 1.83. The number of pyridine rings is 1. The third kappa shape index (κ3) is 4.47. The highest BCUT2D eigenvalue weighted by Gasteiger charge is 2.31. The summed E-state index contributed by atoms with van der Waals surface area (Å²) in [6.07, 6.45) is -3.26. The number of anilines is 1. The predicted molar refractivity (Wildman–Crippen MR) is 74.5 cm³/mol. The number of nitrogens with zero attached hydrogens (tertiary/aromatic N) is 2. The molecule has 0 spiro atoms. The number of alkyl halides is 3. The maximum atomic E-state index is 12.2. The van der Waals surface area contributed by atoms with Crippen molar-refractivity contribution in [3.63, 3.8) is 0 Å². The average Bonchev–Trinajstić information content (AvgIpc) is 2.46. The fourth-order valence-corrected chi connectivity index (χ4v) is 1.83. The SMILES string of the molecule is CN(C(=O)Cc1cccc(OC(F)(F)F)c1)c1ccccn1. The Morgan fingerprint density at radius 1 is 1.23 bits per heavy atom. The zero-order valence-corrected chi connectivity index (χ0v) is 11.7. The van der Waals surface area contributed by atoms with Gasteiger partial charge in [0.05, 0.1) is 6.42 Å². The Hall–Kier alpha value is -2.57. The number of ether oxygens (including phenoxy) is 1. The summed E-state index contributed by atoms with van der Waals surface area (Å²) >= 11 is 0. The number of carbonyl (C=O) groups is 1. The molecule has 0 saturated carbocycles. The van der Waals surface area contributed by atoms with Gasteiger partial charge in [0, 0.05) is 13.2 Å². The molecule has 1 aromatic carbocycles. The van der Waals surface area contributed by atoms with Crippen molar-refractivity contribution in [3.05, 3.63) is 54.2 Å². The quantitative estimate of drug-likeness (QED) is 0.871. The van der Waals surface area contributed by atoms with Crippen LogP contribution in [0.4, 0.5) is 19.0 Å². The van der Waals surface area contributed by atoms with Gasteiger partial charge in [-0.3, -0.25) is 9.69 Å². The Balaban J connectivity index is 2.07. The third-order valence-electron chi connectivity index (χ3n) is 2.85. The highest BCUT2D eigenvalue weighted by atomic mass is 19.4. The van der Waals surface area contributed by atoms with Crippen molar-refractivity contribution < 1.29 is 22.7 Å². The molecule has 0 radical (unpaired) electrons. The molecule has 0 unspecified atom stereocenters. The summed E-state index contributed by atoms with van der Waals surface area (Å²) in [6, 6.07) is 10.5. The molecule has 1 aromatic heterocycles. The lowest BCUT2D eigenvalue weighted by Crippen LogP contribution is -2.28. The van der Waals surface area contributed by atoms with Gasteiger partial charge in [-0.15, -0.1) is 13.2 Å². The van der Waals surface area contributed by atoms with E-state index in [4.69, 9.17) is 0 Å². The molecule has 0 N–H and O–H groups in total. The first-order valence-corrected chi connectivity index (χ1v) is 6.37. The second-order valence-corrected chi connectivity index (χ2v) is 4.51. The molecule has 2 rings (SSSR count). The molecule has 1 heterocycles. The van der Waals surface area contributed by atoms with Crippen LogP contribution in [0.5, 0.6) is 5.75 Å². The van der Waals surface area contributed by atoms with E-state index < -0.39 is 6.36 Å². The van der Waals surface area contributed by atoms with E-state index in [1.54, 1.807) is 37.5 Å². The molecule has 0 fully saturated rings. The van der Waals surface area contributed by atoms with Gasteiger partial charge in [0.1, 0.15) is 11.6 Å². The molecule has 22 heavy (non-hydrogen) atoms. The molecule has 0 aliphatic heterocycles. The van der Waals surface area contributed by atoms with Gasteiger partial charge in [-0.25, -0.2) is 4.98 Å². The summed E-state index contributed by atoms with van der Waals surface area (Å²) in [4.78, 5) is 17.5. The van der Waals surface area contributed by atoms with E-state index >= 15 is 0 Å². The molecular weight excluding hydrogens is 297 g/mol. The molecule has 0 aliphatic carbocycles. The highest BCUT2D eigenvalue weighted by molar-refractivity contribution is 5.93. The predicted octanol–water partition coefficient (Wildman–Crippen LogP) is 3.19. The third-order valence-corrected chi connectivity index (χ3v) is 2.85. The van der Waals surface area contributed by atoms with Gasteiger partial charge >= 0.3 is 6.36 Å². The van der Waals surface area contributed by atoms with Crippen LogP contribution in [-0.2, 0) is 11.2 Å². The van der Waals surface area contributed by atoms with E-state index in [0.717, 1.165) is 0 Å². The minimum atomic E-state index is -4.76. The fraction of sp³-hybridized carbons (Fsp3) is 0.200. The molecule has 0 saturated heterocycles. The molecule has 2 aromatic rings. The Kier molecular flexibility index (Phi) is 4.65. The van der Waals surface area contributed by atoms with Crippen LogP contribution in [0, 0.1) is 0 Å². The number of aromatic nitrogens is 1. The van der Waals surface area contributed by atoms with Crippen LogP contribution in [0.1, 0.15) is 5.56 Å². The molecule has 116 valence electrons. The topological polar surface area (TPSA) is 42.4 Å². The number of hydrogen-bond donors (Lipinski definition) is 0. The summed E-state index contributed by atoms with van der Waals surface area (Å²) in [5.41, 5.74) is 0.425. The standard InChI is InChI=1S/C15H13F3N2O2/c1-20(13-7-2-3-8-19-13)14(21)10-11-5-4-6-12(9-11)22-15(16,17)18/h2-9H,10H2,1H3. The van der Waals surface area contributed by atoms with Crippen molar-refractivity contribution in [1.82, 2.24) is 4.98 Å². The largest absolute Gasteiger partial charge is 0.573 e. The van der Waals surface area contributed by atoms with Crippen LogP contribution in [0.25, 0.3) is 0 Å². The summed E-state index contributed by atoms with van der Waals surface area (Å²) in [7, 11) is 1.56. The minimum absolute atomic E-state index is 0.0534. The zero-order chi connectivity index (χ0) is 16.2. The average molecular weight is 310 g/mol. The van der Waals surface area contributed by atoms with Crippen LogP contribution in [0.3, 0.4) is 0 Å². The van der Waals surface area contributed by atoms with Gasteiger partial charge in [0.15, 0.2) is 0 Å². The lowest BCUT2D eigenvalue weighted by atomic mass is 10.1. The second kappa shape index (κ2) is 6.46. The van der Waals surface area contributed by atoms with Crippen LogP contribution in [-0.4, -0.2) is 24.3 Å². The Morgan fingerprint density at radius 2 is 2.00 bits per heavy atom. The van der Waals surface area contributed by atoms with E-state index in [2.05, 4.69) is 9.72 Å². The van der Waals surface area contributed by atoms with Gasteiger partial charge in [-0.05, 0) is 29.8 Å². The molecule has 4 nitrogen and oxygen atoms in total. The lowest BCUT2D eigenvalue weighted by Gasteiger charge is -2.16. The summed E-state index contributed by atoms with van der Waals surface area (Å²) in [6.45, 7) is 0. The Bertz CT molecular complexity index is 645. The molecule has 1 amide bonds. The maximum Gasteiger partial charge on any atom is 0.573 e. The van der Waals surface area contributed by atoms with Crippen molar-refractivity contribution in [3.8, 4) is 5.75 Å². The first-order chi connectivity index (χ1) is 10.3. The lowest BCUT2D eigenvalue weighted by molar-refractivity contribution is -0.274. The van der Waals surface area contributed by atoms with Crippen molar-refractivity contribution in [2.75, 3.05) is 11.9 Å². The van der Waals surface area contributed by atoms with E-state index in [0.29, 0.717) is 11.4 Å². The number of halogens is 3. The van der Waals surface area contributed by atoms with Crippen molar-refractivity contribution >= 4 is 11.7 Å². The van der Waals surface area contributed by atoms with E-state index in [1.165, 1.54) is 23.1 Å². The second-order valence-electron chi connectivity index (χ2n) is 4.51. The molecule has 7 heteroatoms. The molecule has 0 bridgehead atoms. The molecular formula is C15H13F3N2O2. The first kappa shape index (κ1) is 15.8. The Morgan fingerprint density at radius 3 is 2.64 bits per heavy atom. The highest BCUT2D eigenvalue weighted by Crippen LogP contribution is 2.23. The van der Waals surface area contributed by atoms with Gasteiger partial charge in [0.25, 0.3) is 0 Å². The summed E-state index contributed by atoms with van der Waals surface area (Å²) < 4.78 is 40.4. The van der Waals surface area contributed by atoms with Gasteiger partial charge in [0.2, 0.25) is 5.91 Å². The summed E-state index contributed by atoms with van der Waals surface area (Å²) in [5, 5.41) is 0. The number of benzene rings is 1. The summed E-state index contributed by atoms with van der Waals surface area (Å²) in [5.74, 6) is -0.170. The molecule has 0 aliphatic rings. The first-order valence-electron chi connectivity index (χ1n) is 6.37.